The number of aromatic nitrogens is 5. The lowest BCUT2D eigenvalue weighted by Crippen LogP contribution is -2.17. The van der Waals surface area contributed by atoms with Gasteiger partial charge in [0.05, 0.1) is 25.2 Å². The minimum atomic E-state index is -0.135. The highest BCUT2D eigenvalue weighted by atomic mass is 16.5. The molecule has 1 saturated carbocycles. The smallest absolute Gasteiger partial charge is 0.327 e. The van der Waals surface area contributed by atoms with E-state index in [-0.39, 0.29) is 5.69 Å². The van der Waals surface area contributed by atoms with Crippen molar-refractivity contribution in [1.29, 1.82) is 0 Å². The molecule has 0 atom stereocenters. The Kier molecular flexibility index (Phi) is 3.22. The van der Waals surface area contributed by atoms with Gasteiger partial charge < -0.3 is 10.1 Å². The fraction of sp³-hybridized carbons (Fsp3) is 0.333. The van der Waals surface area contributed by atoms with Crippen LogP contribution in [0.25, 0.3) is 11.2 Å². The molecule has 1 aliphatic rings. The number of aromatic amines is 1. The molecule has 3 aromatic heterocycles. The van der Waals surface area contributed by atoms with Crippen LogP contribution in [-0.2, 0) is 6.54 Å². The predicted octanol–water partition coefficient (Wildman–Crippen LogP) is 1.68. The number of nitrogens with one attached hydrogen (secondary N) is 2. The van der Waals surface area contributed by atoms with Gasteiger partial charge in [0, 0.05) is 12.6 Å². The molecule has 3 aromatic rings. The first-order valence-corrected chi connectivity index (χ1v) is 7.45. The van der Waals surface area contributed by atoms with Crippen molar-refractivity contribution in [3.8, 4) is 5.88 Å². The highest BCUT2D eigenvalue weighted by Crippen LogP contribution is 2.30. The van der Waals surface area contributed by atoms with Gasteiger partial charge in [-0.1, -0.05) is 0 Å². The second-order valence-corrected chi connectivity index (χ2v) is 5.63. The lowest BCUT2D eigenvalue weighted by atomic mass is 10.4. The normalized spacial score (nSPS) is 14.1. The molecule has 8 heteroatoms. The Labute approximate surface area is 131 Å². The van der Waals surface area contributed by atoms with E-state index in [0.29, 0.717) is 23.4 Å². The van der Waals surface area contributed by atoms with E-state index < -0.39 is 0 Å². The maximum atomic E-state index is 12.0. The van der Waals surface area contributed by atoms with Gasteiger partial charge in [0.25, 0.3) is 0 Å². The van der Waals surface area contributed by atoms with Crippen molar-refractivity contribution in [2.45, 2.75) is 19.4 Å². The van der Waals surface area contributed by atoms with Crippen molar-refractivity contribution < 1.29 is 4.74 Å². The van der Waals surface area contributed by atoms with Gasteiger partial charge in [-0.15, -0.1) is 0 Å². The van der Waals surface area contributed by atoms with Crippen molar-refractivity contribution in [3.05, 3.63) is 35.0 Å². The van der Waals surface area contributed by atoms with Crippen LogP contribution in [0.15, 0.2) is 29.3 Å². The average molecular weight is 312 g/mol. The first-order chi connectivity index (χ1) is 11.2. The van der Waals surface area contributed by atoms with Crippen LogP contribution >= 0.6 is 0 Å². The number of methoxy groups -OCH3 is 1. The minimum absolute atomic E-state index is 0.135. The number of hydrogen-bond donors (Lipinski definition) is 2. The maximum absolute atomic E-state index is 12.0. The minimum Gasteiger partial charge on any atom is -0.481 e. The molecule has 3 heterocycles. The number of ether oxygens (including phenoxy) is 1. The number of H-pyrrole nitrogens is 1. The predicted molar refractivity (Wildman–Crippen MR) is 84.9 cm³/mol. The first-order valence-electron chi connectivity index (χ1n) is 7.45. The molecule has 2 N–H and O–H groups in total. The highest BCUT2D eigenvalue weighted by molar-refractivity contribution is 5.71. The van der Waals surface area contributed by atoms with Crippen LogP contribution in [0.4, 0.5) is 11.6 Å². The third-order valence-corrected chi connectivity index (χ3v) is 3.87. The van der Waals surface area contributed by atoms with Gasteiger partial charge in [0.1, 0.15) is 5.52 Å². The van der Waals surface area contributed by atoms with E-state index in [2.05, 4.69) is 25.3 Å². The molecule has 4 rings (SSSR count). The summed E-state index contributed by atoms with van der Waals surface area (Å²) in [5, 5.41) is 3.06. The van der Waals surface area contributed by atoms with E-state index in [0.717, 1.165) is 17.7 Å². The van der Waals surface area contributed by atoms with Gasteiger partial charge in [-0.25, -0.2) is 14.8 Å². The van der Waals surface area contributed by atoms with Gasteiger partial charge in [-0.2, -0.15) is 4.98 Å². The van der Waals surface area contributed by atoms with E-state index in [4.69, 9.17) is 4.74 Å². The number of anilines is 2. The Morgan fingerprint density at radius 1 is 1.35 bits per heavy atom. The number of rotatable bonds is 5. The summed E-state index contributed by atoms with van der Waals surface area (Å²) in [6.07, 6.45) is 5.67. The zero-order valence-electron chi connectivity index (χ0n) is 12.6. The summed E-state index contributed by atoms with van der Waals surface area (Å²) in [6.45, 7) is 0.734. The van der Waals surface area contributed by atoms with Crippen molar-refractivity contribution in [2.24, 2.45) is 5.92 Å². The highest BCUT2D eigenvalue weighted by Gasteiger charge is 2.23. The van der Waals surface area contributed by atoms with Gasteiger partial charge in [-0.3, -0.25) is 9.55 Å². The second-order valence-electron chi connectivity index (χ2n) is 5.63. The Hall–Kier alpha value is -2.90. The fourth-order valence-corrected chi connectivity index (χ4v) is 2.45. The van der Waals surface area contributed by atoms with Crippen LogP contribution in [0.5, 0.6) is 5.88 Å². The Morgan fingerprint density at radius 2 is 2.22 bits per heavy atom. The van der Waals surface area contributed by atoms with E-state index in [1.165, 1.54) is 12.8 Å². The number of fused-ring (bicyclic) bond motifs is 1. The van der Waals surface area contributed by atoms with Crippen molar-refractivity contribution in [2.75, 3.05) is 12.4 Å². The molecular formula is C15H16N6O2. The monoisotopic (exact) mass is 312 g/mol. The van der Waals surface area contributed by atoms with Crippen molar-refractivity contribution >= 4 is 22.8 Å². The van der Waals surface area contributed by atoms with Crippen molar-refractivity contribution in [3.63, 3.8) is 0 Å². The molecule has 0 unspecified atom stereocenters. The van der Waals surface area contributed by atoms with Crippen LogP contribution in [0.3, 0.4) is 0 Å². The van der Waals surface area contributed by atoms with Gasteiger partial charge in [-0.05, 0) is 24.8 Å². The second kappa shape index (κ2) is 5.38. The summed E-state index contributed by atoms with van der Waals surface area (Å²) in [6, 6.07) is 3.56. The number of hydrogen-bond acceptors (Lipinski definition) is 6. The molecule has 118 valence electrons. The van der Waals surface area contributed by atoms with Crippen LogP contribution in [-0.4, -0.2) is 31.6 Å². The Balaban J connectivity index is 1.61. The molecule has 0 aromatic carbocycles. The SMILES string of the molecule is COc1ccc(Nc2ncc3c(n2)[nH]c(=O)n3CC2CC2)cn1. The van der Waals surface area contributed by atoms with E-state index in [1.807, 2.05) is 6.07 Å². The summed E-state index contributed by atoms with van der Waals surface area (Å²) in [4.78, 5) is 27.6. The molecular weight excluding hydrogens is 296 g/mol. The van der Waals surface area contributed by atoms with Gasteiger partial charge in [0.2, 0.25) is 11.8 Å². The zero-order chi connectivity index (χ0) is 15.8. The zero-order valence-corrected chi connectivity index (χ0v) is 12.6. The first kappa shape index (κ1) is 13.7. The number of pyridine rings is 1. The fourth-order valence-electron chi connectivity index (χ4n) is 2.45. The van der Waals surface area contributed by atoms with Crippen molar-refractivity contribution in [1.82, 2.24) is 24.5 Å². The number of imidazole rings is 1. The van der Waals surface area contributed by atoms with Crippen LogP contribution < -0.4 is 15.7 Å². The van der Waals surface area contributed by atoms with Crippen LogP contribution in [0.2, 0.25) is 0 Å². The van der Waals surface area contributed by atoms with Crippen LogP contribution in [0, 0.1) is 5.92 Å². The molecule has 1 aliphatic carbocycles. The largest absolute Gasteiger partial charge is 0.481 e. The lowest BCUT2D eigenvalue weighted by Gasteiger charge is -2.05. The molecule has 0 amide bonds. The van der Waals surface area contributed by atoms with Gasteiger partial charge >= 0.3 is 5.69 Å². The lowest BCUT2D eigenvalue weighted by molar-refractivity contribution is 0.398. The standard InChI is InChI=1S/C15H16N6O2/c1-23-12-5-4-10(6-16-12)18-14-17-7-11-13(19-14)20-15(22)21(11)8-9-2-3-9/h4-7,9H,2-3,8H2,1H3,(H2,17,18,19,20,22). The third-order valence-electron chi connectivity index (χ3n) is 3.87. The Bertz CT molecular complexity index is 894. The topological polar surface area (TPSA) is 97.7 Å². The molecule has 0 radical (unpaired) electrons. The molecule has 0 spiro atoms. The summed E-state index contributed by atoms with van der Waals surface area (Å²) < 4.78 is 6.73. The Morgan fingerprint density at radius 3 is 2.91 bits per heavy atom. The summed E-state index contributed by atoms with van der Waals surface area (Å²) in [7, 11) is 1.56. The molecule has 1 fully saturated rings. The quantitative estimate of drug-likeness (QED) is 0.744. The van der Waals surface area contributed by atoms with E-state index in [1.54, 1.807) is 30.1 Å². The molecule has 0 aliphatic heterocycles. The molecule has 23 heavy (non-hydrogen) atoms. The average Bonchev–Trinajstić information content (AvgIpc) is 3.33. The summed E-state index contributed by atoms with van der Waals surface area (Å²) in [5.41, 5.74) is 1.88. The van der Waals surface area contributed by atoms with Crippen LogP contribution in [0.1, 0.15) is 12.8 Å². The molecule has 8 nitrogen and oxygen atoms in total. The van der Waals surface area contributed by atoms with E-state index >= 15 is 0 Å². The summed E-state index contributed by atoms with van der Waals surface area (Å²) in [5.74, 6) is 1.55. The number of nitrogens with zero attached hydrogens (tertiary/aromatic N) is 4. The van der Waals surface area contributed by atoms with E-state index in [9.17, 15) is 4.79 Å². The third kappa shape index (κ3) is 2.75. The van der Waals surface area contributed by atoms with Gasteiger partial charge in [0.15, 0.2) is 5.65 Å². The molecule has 0 saturated heterocycles. The maximum Gasteiger partial charge on any atom is 0.327 e. The molecule has 0 bridgehead atoms. The summed E-state index contributed by atoms with van der Waals surface area (Å²) >= 11 is 0.